The van der Waals surface area contributed by atoms with Gasteiger partial charge in [-0.2, -0.15) is 0 Å². The maximum Gasteiger partial charge on any atom is 0.133 e. The summed E-state index contributed by atoms with van der Waals surface area (Å²) in [6.45, 7) is 0.797. The number of ether oxygens (including phenoxy) is 1. The molecular formula is C12H16BrNO. The number of rotatable bonds is 4. The lowest BCUT2D eigenvalue weighted by molar-refractivity contribution is 0.410. The van der Waals surface area contributed by atoms with Crippen LogP contribution in [-0.2, 0) is 6.42 Å². The summed E-state index contributed by atoms with van der Waals surface area (Å²) in [5.74, 6) is 0.903. The summed E-state index contributed by atoms with van der Waals surface area (Å²) < 4.78 is 6.28. The molecule has 0 heterocycles. The fourth-order valence-corrected chi connectivity index (χ4v) is 2.29. The molecule has 3 heteroatoms. The van der Waals surface area contributed by atoms with Crippen molar-refractivity contribution in [2.45, 2.75) is 19.3 Å². The van der Waals surface area contributed by atoms with Crippen LogP contribution in [0.2, 0.25) is 0 Å². The van der Waals surface area contributed by atoms with Crippen LogP contribution in [0.1, 0.15) is 18.4 Å². The maximum absolute atomic E-state index is 5.78. The van der Waals surface area contributed by atoms with Gasteiger partial charge in [-0.05, 0) is 64.8 Å². The molecule has 0 unspecified atom stereocenters. The van der Waals surface area contributed by atoms with E-state index < -0.39 is 0 Å². The second-order valence-corrected chi connectivity index (χ2v) is 5.20. The fourth-order valence-electron chi connectivity index (χ4n) is 1.88. The molecule has 2 rings (SSSR count). The van der Waals surface area contributed by atoms with Gasteiger partial charge in [0.25, 0.3) is 0 Å². The van der Waals surface area contributed by atoms with Crippen molar-refractivity contribution in [3.63, 3.8) is 0 Å². The zero-order chi connectivity index (χ0) is 10.9. The molecule has 1 aliphatic carbocycles. The van der Waals surface area contributed by atoms with Gasteiger partial charge >= 0.3 is 0 Å². The molecule has 82 valence electrons. The Labute approximate surface area is 98.9 Å². The van der Waals surface area contributed by atoms with E-state index in [-0.39, 0.29) is 0 Å². The van der Waals surface area contributed by atoms with Crippen LogP contribution >= 0.6 is 15.9 Å². The summed E-state index contributed by atoms with van der Waals surface area (Å²) in [5, 5.41) is 0. The lowest BCUT2D eigenvalue weighted by atomic mass is 9.97. The van der Waals surface area contributed by atoms with E-state index in [1.807, 2.05) is 6.07 Å². The second-order valence-electron chi connectivity index (χ2n) is 4.35. The van der Waals surface area contributed by atoms with E-state index in [2.05, 4.69) is 28.1 Å². The van der Waals surface area contributed by atoms with Gasteiger partial charge in [-0.25, -0.2) is 0 Å². The number of hydrogen-bond donors (Lipinski definition) is 1. The van der Waals surface area contributed by atoms with Crippen molar-refractivity contribution in [2.75, 3.05) is 13.7 Å². The maximum atomic E-state index is 5.78. The van der Waals surface area contributed by atoms with Gasteiger partial charge in [-0.3, -0.25) is 0 Å². The first kappa shape index (κ1) is 11.0. The van der Waals surface area contributed by atoms with E-state index in [1.165, 1.54) is 18.4 Å². The van der Waals surface area contributed by atoms with E-state index in [4.69, 9.17) is 10.5 Å². The molecule has 0 amide bonds. The highest BCUT2D eigenvalue weighted by molar-refractivity contribution is 9.10. The molecule has 0 radical (unpaired) electrons. The van der Waals surface area contributed by atoms with Crippen molar-refractivity contribution >= 4 is 15.9 Å². The molecular weight excluding hydrogens is 254 g/mol. The number of hydrogen-bond acceptors (Lipinski definition) is 2. The summed E-state index contributed by atoms with van der Waals surface area (Å²) in [6.07, 6.45) is 3.61. The van der Waals surface area contributed by atoms with E-state index in [9.17, 15) is 0 Å². The third kappa shape index (κ3) is 2.34. The van der Waals surface area contributed by atoms with E-state index in [0.29, 0.717) is 5.41 Å². The number of nitrogens with two attached hydrogens (primary N) is 1. The smallest absolute Gasteiger partial charge is 0.133 e. The van der Waals surface area contributed by atoms with Crippen molar-refractivity contribution in [3.8, 4) is 5.75 Å². The van der Waals surface area contributed by atoms with E-state index in [1.54, 1.807) is 7.11 Å². The van der Waals surface area contributed by atoms with Crippen LogP contribution in [0.4, 0.5) is 0 Å². The van der Waals surface area contributed by atoms with Crippen LogP contribution in [0.5, 0.6) is 5.75 Å². The van der Waals surface area contributed by atoms with E-state index >= 15 is 0 Å². The van der Waals surface area contributed by atoms with Crippen molar-refractivity contribution in [2.24, 2.45) is 11.1 Å². The summed E-state index contributed by atoms with van der Waals surface area (Å²) in [7, 11) is 1.69. The Morgan fingerprint density at radius 1 is 1.47 bits per heavy atom. The van der Waals surface area contributed by atoms with Gasteiger partial charge in [0.15, 0.2) is 0 Å². The monoisotopic (exact) mass is 269 g/mol. The molecule has 0 bridgehead atoms. The fraction of sp³-hybridized carbons (Fsp3) is 0.500. The Balaban J connectivity index is 2.15. The Morgan fingerprint density at radius 2 is 2.20 bits per heavy atom. The van der Waals surface area contributed by atoms with Gasteiger partial charge in [0.2, 0.25) is 0 Å². The van der Waals surface area contributed by atoms with Gasteiger partial charge in [0.1, 0.15) is 5.75 Å². The van der Waals surface area contributed by atoms with Crippen molar-refractivity contribution in [1.29, 1.82) is 0 Å². The van der Waals surface area contributed by atoms with Crippen molar-refractivity contribution in [1.82, 2.24) is 0 Å². The molecule has 2 nitrogen and oxygen atoms in total. The predicted molar refractivity (Wildman–Crippen MR) is 65.1 cm³/mol. The topological polar surface area (TPSA) is 35.2 Å². The Morgan fingerprint density at radius 3 is 2.73 bits per heavy atom. The minimum absolute atomic E-state index is 0.388. The standard InChI is InChI=1S/C12H16BrNO/c1-15-11-6-9(2-3-10(11)13)7-12(8-14)4-5-12/h2-3,6H,4-5,7-8,14H2,1H3. The van der Waals surface area contributed by atoms with Gasteiger partial charge in [-0.15, -0.1) is 0 Å². The predicted octanol–water partition coefficient (Wildman–Crippen LogP) is 2.74. The summed E-state index contributed by atoms with van der Waals surface area (Å²) >= 11 is 3.45. The number of methoxy groups -OCH3 is 1. The Hall–Kier alpha value is -0.540. The molecule has 0 saturated heterocycles. The third-order valence-electron chi connectivity index (χ3n) is 3.18. The molecule has 1 aromatic carbocycles. The first-order valence-corrected chi connectivity index (χ1v) is 6.01. The molecule has 1 aliphatic rings. The van der Waals surface area contributed by atoms with Gasteiger partial charge < -0.3 is 10.5 Å². The summed E-state index contributed by atoms with van der Waals surface area (Å²) in [6, 6.07) is 6.28. The van der Waals surface area contributed by atoms with Gasteiger partial charge in [-0.1, -0.05) is 6.07 Å². The minimum atomic E-state index is 0.388. The lowest BCUT2D eigenvalue weighted by Crippen LogP contribution is -2.17. The van der Waals surface area contributed by atoms with Gasteiger partial charge in [0.05, 0.1) is 11.6 Å². The zero-order valence-electron chi connectivity index (χ0n) is 8.92. The third-order valence-corrected chi connectivity index (χ3v) is 3.84. The van der Waals surface area contributed by atoms with Gasteiger partial charge in [0, 0.05) is 0 Å². The molecule has 0 aromatic heterocycles. The normalized spacial score (nSPS) is 17.5. The van der Waals surface area contributed by atoms with Crippen LogP contribution in [0.3, 0.4) is 0 Å². The second kappa shape index (κ2) is 4.14. The van der Waals surface area contributed by atoms with Crippen LogP contribution in [0.25, 0.3) is 0 Å². The molecule has 0 aliphatic heterocycles. The first-order chi connectivity index (χ1) is 7.19. The summed E-state index contributed by atoms with van der Waals surface area (Å²) in [4.78, 5) is 0. The molecule has 1 aromatic rings. The summed E-state index contributed by atoms with van der Waals surface area (Å²) in [5.41, 5.74) is 7.48. The van der Waals surface area contributed by atoms with Crippen LogP contribution in [0.15, 0.2) is 22.7 Å². The highest BCUT2D eigenvalue weighted by Gasteiger charge is 2.40. The number of benzene rings is 1. The quantitative estimate of drug-likeness (QED) is 0.913. The first-order valence-electron chi connectivity index (χ1n) is 5.22. The molecule has 15 heavy (non-hydrogen) atoms. The largest absolute Gasteiger partial charge is 0.496 e. The van der Waals surface area contributed by atoms with E-state index in [0.717, 1.165) is 23.2 Å². The highest BCUT2D eigenvalue weighted by atomic mass is 79.9. The minimum Gasteiger partial charge on any atom is -0.496 e. The van der Waals surface area contributed by atoms with Crippen LogP contribution < -0.4 is 10.5 Å². The number of halogens is 1. The van der Waals surface area contributed by atoms with Crippen molar-refractivity contribution in [3.05, 3.63) is 28.2 Å². The van der Waals surface area contributed by atoms with Crippen LogP contribution in [-0.4, -0.2) is 13.7 Å². The average Bonchev–Trinajstić information content (AvgIpc) is 3.02. The lowest BCUT2D eigenvalue weighted by Gasteiger charge is -2.13. The Bertz CT molecular complexity index is 361. The average molecular weight is 270 g/mol. The zero-order valence-corrected chi connectivity index (χ0v) is 10.5. The molecule has 2 N–H and O–H groups in total. The SMILES string of the molecule is COc1cc(CC2(CN)CC2)ccc1Br. The molecule has 1 fully saturated rings. The van der Waals surface area contributed by atoms with Crippen molar-refractivity contribution < 1.29 is 4.74 Å². The highest BCUT2D eigenvalue weighted by Crippen LogP contribution is 2.47. The molecule has 0 spiro atoms. The molecule has 0 atom stereocenters. The Kier molecular flexibility index (Phi) is 3.03. The molecule has 1 saturated carbocycles. The van der Waals surface area contributed by atoms with Crippen LogP contribution in [0, 0.1) is 5.41 Å².